The summed E-state index contributed by atoms with van der Waals surface area (Å²) in [4.78, 5) is 1.12. The normalized spacial score (nSPS) is 12.7. The molecule has 0 aliphatic heterocycles. The van der Waals surface area contributed by atoms with E-state index in [9.17, 15) is 4.39 Å². The van der Waals surface area contributed by atoms with Crippen molar-refractivity contribution in [1.29, 1.82) is 0 Å². The Morgan fingerprint density at radius 3 is 2.78 bits per heavy atom. The Morgan fingerprint density at radius 2 is 2.22 bits per heavy atom. The van der Waals surface area contributed by atoms with Crippen LogP contribution in [-0.4, -0.2) is 0 Å². The molecule has 6 heteroatoms. The van der Waals surface area contributed by atoms with Crippen molar-refractivity contribution in [1.82, 2.24) is 5.43 Å². The fourth-order valence-electron chi connectivity index (χ4n) is 1.70. The molecular weight excluding hydrogens is 339 g/mol. The van der Waals surface area contributed by atoms with Gasteiger partial charge in [0.25, 0.3) is 0 Å². The van der Waals surface area contributed by atoms with Gasteiger partial charge in [0.15, 0.2) is 0 Å². The molecule has 0 aliphatic rings. The van der Waals surface area contributed by atoms with Crippen molar-refractivity contribution in [3.05, 3.63) is 55.4 Å². The first-order valence-electron chi connectivity index (χ1n) is 5.24. The van der Waals surface area contributed by atoms with Gasteiger partial charge in [-0.1, -0.05) is 17.7 Å². The first kappa shape index (κ1) is 14.0. The predicted molar refractivity (Wildman–Crippen MR) is 77.2 cm³/mol. The fourth-order valence-corrected chi connectivity index (χ4v) is 3.36. The van der Waals surface area contributed by atoms with Crippen LogP contribution in [0.1, 0.15) is 16.5 Å². The smallest absolute Gasteiger partial charge is 0.129 e. The Balaban J connectivity index is 2.22. The highest BCUT2D eigenvalue weighted by Gasteiger charge is 2.16. The second-order valence-electron chi connectivity index (χ2n) is 3.82. The lowest BCUT2D eigenvalue weighted by molar-refractivity contribution is 0.513. The van der Waals surface area contributed by atoms with E-state index in [-0.39, 0.29) is 11.9 Å². The maximum absolute atomic E-state index is 13.8. The number of nitrogens with two attached hydrogens (primary N) is 1. The quantitative estimate of drug-likeness (QED) is 0.645. The minimum absolute atomic E-state index is 0.271. The van der Waals surface area contributed by atoms with E-state index in [0.717, 1.165) is 9.35 Å². The molecule has 0 saturated heterocycles. The Kier molecular flexibility index (Phi) is 4.75. The zero-order valence-corrected chi connectivity index (χ0v) is 12.4. The molecule has 0 fully saturated rings. The van der Waals surface area contributed by atoms with Gasteiger partial charge in [0.2, 0.25) is 0 Å². The lowest BCUT2D eigenvalue weighted by Gasteiger charge is -2.16. The first-order valence-corrected chi connectivity index (χ1v) is 7.29. The molecule has 1 heterocycles. The van der Waals surface area contributed by atoms with Crippen LogP contribution in [0.25, 0.3) is 0 Å². The molecule has 18 heavy (non-hydrogen) atoms. The zero-order valence-electron chi connectivity index (χ0n) is 9.29. The molecule has 2 rings (SSSR count). The molecule has 1 unspecified atom stereocenters. The van der Waals surface area contributed by atoms with Crippen molar-refractivity contribution in [2.24, 2.45) is 5.84 Å². The van der Waals surface area contributed by atoms with E-state index in [4.69, 9.17) is 17.4 Å². The molecule has 0 amide bonds. The van der Waals surface area contributed by atoms with Crippen molar-refractivity contribution in [3.63, 3.8) is 0 Å². The summed E-state index contributed by atoms with van der Waals surface area (Å²) in [6.45, 7) is 0. The van der Waals surface area contributed by atoms with Gasteiger partial charge in [-0.05, 0) is 34.1 Å². The first-order chi connectivity index (χ1) is 8.60. The van der Waals surface area contributed by atoms with Crippen molar-refractivity contribution in [2.75, 3.05) is 0 Å². The maximum Gasteiger partial charge on any atom is 0.129 e. The molecule has 0 saturated carbocycles. The SMILES string of the molecule is NNC(Cc1cc(Br)cs1)c1ccc(Cl)cc1F. The number of hydrazine groups is 1. The number of halogens is 3. The molecule has 0 spiro atoms. The van der Waals surface area contributed by atoms with Crippen LogP contribution in [0.15, 0.2) is 34.1 Å². The highest BCUT2D eigenvalue weighted by Crippen LogP contribution is 2.27. The van der Waals surface area contributed by atoms with Gasteiger partial charge in [-0.25, -0.2) is 4.39 Å². The van der Waals surface area contributed by atoms with Crippen LogP contribution in [0.3, 0.4) is 0 Å². The fraction of sp³-hybridized carbons (Fsp3) is 0.167. The topological polar surface area (TPSA) is 38.0 Å². The van der Waals surface area contributed by atoms with E-state index in [1.54, 1.807) is 23.5 Å². The average molecular weight is 350 g/mol. The van der Waals surface area contributed by atoms with Crippen LogP contribution < -0.4 is 11.3 Å². The van der Waals surface area contributed by atoms with Crippen LogP contribution in [0, 0.1) is 5.82 Å². The Bertz CT molecular complexity index is 547. The van der Waals surface area contributed by atoms with Crippen molar-refractivity contribution in [3.8, 4) is 0 Å². The predicted octanol–water partition coefficient (Wildman–Crippen LogP) is 4.05. The second kappa shape index (κ2) is 6.12. The summed E-state index contributed by atoms with van der Waals surface area (Å²) in [5.41, 5.74) is 3.16. The molecule has 0 bridgehead atoms. The third-order valence-corrected chi connectivity index (χ3v) is 4.52. The Labute approximate surface area is 122 Å². The summed E-state index contributed by atoms with van der Waals surface area (Å²) in [6, 6.07) is 6.35. The van der Waals surface area contributed by atoms with E-state index < -0.39 is 0 Å². The van der Waals surface area contributed by atoms with Gasteiger partial charge in [-0.2, -0.15) is 0 Å². The van der Waals surface area contributed by atoms with E-state index in [2.05, 4.69) is 21.4 Å². The van der Waals surface area contributed by atoms with Crippen molar-refractivity contribution in [2.45, 2.75) is 12.5 Å². The monoisotopic (exact) mass is 348 g/mol. The van der Waals surface area contributed by atoms with Gasteiger partial charge in [-0.15, -0.1) is 11.3 Å². The molecule has 2 aromatic rings. The highest BCUT2D eigenvalue weighted by atomic mass is 79.9. The standard InChI is InChI=1S/C12H11BrClFN2S/c13-7-3-9(18-6-7)5-12(17-16)10-2-1-8(14)4-11(10)15/h1-4,6,12,17H,5,16H2. The molecule has 96 valence electrons. The number of hydrogen-bond donors (Lipinski definition) is 2. The Hall–Kier alpha value is -0.460. The summed E-state index contributed by atoms with van der Waals surface area (Å²) in [5, 5.41) is 2.37. The van der Waals surface area contributed by atoms with Crippen molar-refractivity contribution >= 4 is 38.9 Å². The molecule has 3 N–H and O–H groups in total. The summed E-state index contributed by atoms with van der Waals surface area (Å²) in [7, 11) is 0. The number of hydrogen-bond acceptors (Lipinski definition) is 3. The number of benzene rings is 1. The van der Waals surface area contributed by atoms with Crippen LogP contribution in [-0.2, 0) is 6.42 Å². The number of thiophene rings is 1. The van der Waals surface area contributed by atoms with Gasteiger partial charge >= 0.3 is 0 Å². The largest absolute Gasteiger partial charge is 0.271 e. The van der Waals surface area contributed by atoms with E-state index in [0.29, 0.717) is 17.0 Å². The zero-order chi connectivity index (χ0) is 13.1. The molecule has 0 aliphatic carbocycles. The Morgan fingerprint density at radius 1 is 1.44 bits per heavy atom. The van der Waals surface area contributed by atoms with Crippen molar-refractivity contribution < 1.29 is 4.39 Å². The minimum atomic E-state index is -0.346. The van der Waals surface area contributed by atoms with Gasteiger partial charge < -0.3 is 0 Å². The lowest BCUT2D eigenvalue weighted by Crippen LogP contribution is -2.30. The van der Waals surface area contributed by atoms with E-state index in [1.165, 1.54) is 6.07 Å². The van der Waals surface area contributed by atoms with Crippen LogP contribution in [0.2, 0.25) is 5.02 Å². The summed E-state index contributed by atoms with van der Waals surface area (Å²) >= 11 is 10.7. The molecule has 0 radical (unpaired) electrons. The van der Waals surface area contributed by atoms with E-state index in [1.807, 2.05) is 11.4 Å². The average Bonchev–Trinajstić information content (AvgIpc) is 2.72. The van der Waals surface area contributed by atoms with E-state index >= 15 is 0 Å². The summed E-state index contributed by atoms with van der Waals surface area (Å²) in [6.07, 6.45) is 0.630. The molecule has 2 nitrogen and oxygen atoms in total. The van der Waals surface area contributed by atoms with Gasteiger partial charge in [0.1, 0.15) is 5.82 Å². The van der Waals surface area contributed by atoms with Crippen LogP contribution in [0.5, 0.6) is 0 Å². The van der Waals surface area contributed by atoms with Gasteiger partial charge in [0, 0.05) is 31.7 Å². The third kappa shape index (κ3) is 3.30. The molecule has 1 aromatic heterocycles. The molecule has 1 aromatic carbocycles. The highest BCUT2D eigenvalue weighted by molar-refractivity contribution is 9.10. The molecular formula is C12H11BrClFN2S. The van der Waals surface area contributed by atoms with Crippen LogP contribution >= 0.6 is 38.9 Å². The van der Waals surface area contributed by atoms with Gasteiger partial charge in [0.05, 0.1) is 6.04 Å². The lowest BCUT2D eigenvalue weighted by atomic mass is 10.0. The maximum atomic E-state index is 13.8. The minimum Gasteiger partial charge on any atom is -0.271 e. The summed E-state index contributed by atoms with van der Waals surface area (Å²) in [5.74, 6) is 5.16. The number of rotatable bonds is 4. The number of nitrogens with one attached hydrogen (secondary N) is 1. The third-order valence-electron chi connectivity index (χ3n) is 2.57. The molecule has 1 atom stereocenters. The van der Waals surface area contributed by atoms with Gasteiger partial charge in [-0.3, -0.25) is 11.3 Å². The summed E-state index contributed by atoms with van der Waals surface area (Å²) < 4.78 is 14.8. The second-order valence-corrected chi connectivity index (χ2v) is 6.17. The van der Waals surface area contributed by atoms with Crippen LogP contribution in [0.4, 0.5) is 4.39 Å².